The van der Waals surface area contributed by atoms with Crippen LogP contribution in [0.25, 0.3) is 11.1 Å². The smallest absolute Gasteiger partial charge is 0.298 e. The maximum Gasteiger partial charge on any atom is 0.298 e. The van der Waals surface area contributed by atoms with Gasteiger partial charge in [-0.15, -0.1) is 0 Å². The number of carbonyl (C=O) groups is 2. The van der Waals surface area contributed by atoms with Gasteiger partial charge in [-0.1, -0.05) is 31.0 Å². The highest BCUT2D eigenvalue weighted by Gasteiger charge is 2.10. The summed E-state index contributed by atoms with van der Waals surface area (Å²) in [5.74, 6) is -0.200. The number of nitrogens with two attached hydrogens (primary N) is 1. The molecule has 146 valence electrons. The molecular weight excluding hydrogens is 347 g/mol. The summed E-state index contributed by atoms with van der Waals surface area (Å²) >= 11 is 0. The van der Waals surface area contributed by atoms with Crippen LogP contribution in [-0.4, -0.2) is 32.9 Å². The van der Waals surface area contributed by atoms with E-state index in [0.717, 1.165) is 6.04 Å². The monoisotopic (exact) mass is 374 g/mol. The van der Waals surface area contributed by atoms with Crippen LogP contribution in [0.5, 0.6) is 5.75 Å². The average molecular weight is 374 g/mol. The highest BCUT2D eigenvalue weighted by Crippen LogP contribution is 2.27. The lowest BCUT2D eigenvalue weighted by atomic mass is 10.0. The van der Waals surface area contributed by atoms with Crippen molar-refractivity contribution in [1.29, 1.82) is 0 Å². The summed E-state index contributed by atoms with van der Waals surface area (Å²) in [4.78, 5) is 20.9. The molecule has 1 aliphatic rings. The van der Waals surface area contributed by atoms with Crippen LogP contribution in [0.2, 0.25) is 0 Å². The lowest BCUT2D eigenvalue weighted by molar-refractivity contribution is -0.120. The van der Waals surface area contributed by atoms with Crippen molar-refractivity contribution >= 4 is 12.8 Å². The Bertz CT molecular complexity index is 716. The molecule has 0 bridgehead atoms. The van der Waals surface area contributed by atoms with Crippen LogP contribution in [0.3, 0.4) is 0 Å². The maximum atomic E-state index is 13.7. The minimum atomic E-state index is -0.448. The zero-order valence-corrected chi connectivity index (χ0v) is 15.8. The minimum Gasteiger partial charge on any atom is -0.429 e. The van der Waals surface area contributed by atoms with E-state index in [1.165, 1.54) is 50.9 Å². The highest BCUT2D eigenvalue weighted by atomic mass is 19.1. The van der Waals surface area contributed by atoms with E-state index in [-0.39, 0.29) is 17.8 Å². The van der Waals surface area contributed by atoms with E-state index in [1.54, 1.807) is 24.3 Å². The minimum absolute atomic E-state index is 0.248. The van der Waals surface area contributed by atoms with E-state index in [2.05, 4.69) is 22.8 Å². The van der Waals surface area contributed by atoms with Gasteiger partial charge in [0.1, 0.15) is 17.9 Å². The zero-order chi connectivity index (χ0) is 20.1. The molecule has 2 aromatic rings. The number of hydrogen-bond acceptors (Lipinski definition) is 5. The predicted molar refractivity (Wildman–Crippen MR) is 105 cm³/mol. The third-order valence-corrected chi connectivity index (χ3v) is 4.22. The molecule has 3 N–H and O–H groups in total. The Kier molecular flexibility index (Phi) is 10.6. The number of ether oxygens (including phenoxy) is 1. The van der Waals surface area contributed by atoms with Gasteiger partial charge >= 0.3 is 0 Å². The Morgan fingerprint density at radius 2 is 1.81 bits per heavy atom. The fourth-order valence-corrected chi connectivity index (χ4v) is 2.85. The standard InChI is InChI=1S/C14H9FO3.C6H13N.CH5N/c15-14-5-4-12(18-9-17)7-13(14)11-3-1-2-10(6-11)8-16;1-7-6-4-2-3-5-6;1-2/h1-9H;6-7H,2-5H2,1H3;2H2,1H3. The summed E-state index contributed by atoms with van der Waals surface area (Å²) in [7, 11) is 3.55. The molecule has 0 amide bonds. The fourth-order valence-electron chi connectivity index (χ4n) is 2.85. The van der Waals surface area contributed by atoms with Crippen LogP contribution in [0.1, 0.15) is 36.0 Å². The van der Waals surface area contributed by atoms with Gasteiger partial charge in [0, 0.05) is 17.2 Å². The van der Waals surface area contributed by atoms with E-state index in [4.69, 9.17) is 0 Å². The first-order valence-corrected chi connectivity index (χ1v) is 8.88. The molecule has 0 heterocycles. The van der Waals surface area contributed by atoms with Crippen LogP contribution in [-0.2, 0) is 4.79 Å². The number of carbonyl (C=O) groups excluding carboxylic acids is 2. The molecule has 0 aliphatic heterocycles. The Balaban J connectivity index is 0.000000338. The van der Waals surface area contributed by atoms with Gasteiger partial charge in [0.15, 0.2) is 0 Å². The summed E-state index contributed by atoms with van der Waals surface area (Å²) < 4.78 is 18.4. The van der Waals surface area contributed by atoms with Gasteiger partial charge < -0.3 is 15.8 Å². The van der Waals surface area contributed by atoms with Crippen molar-refractivity contribution in [3.63, 3.8) is 0 Å². The van der Waals surface area contributed by atoms with E-state index >= 15 is 0 Å². The molecule has 1 aliphatic carbocycles. The fraction of sp³-hybridized carbons (Fsp3) is 0.333. The molecule has 0 atom stereocenters. The van der Waals surface area contributed by atoms with Crippen LogP contribution >= 0.6 is 0 Å². The first kappa shape index (κ1) is 22.5. The first-order chi connectivity index (χ1) is 13.2. The van der Waals surface area contributed by atoms with E-state index in [0.29, 0.717) is 17.4 Å². The molecule has 0 unspecified atom stereocenters. The first-order valence-electron chi connectivity index (χ1n) is 8.88. The molecule has 5 nitrogen and oxygen atoms in total. The van der Waals surface area contributed by atoms with E-state index < -0.39 is 5.82 Å². The maximum absolute atomic E-state index is 13.7. The van der Waals surface area contributed by atoms with Crippen molar-refractivity contribution < 1.29 is 18.7 Å². The molecule has 3 rings (SSSR count). The van der Waals surface area contributed by atoms with Crippen molar-refractivity contribution in [3.05, 3.63) is 53.8 Å². The molecule has 0 aromatic heterocycles. The molecule has 27 heavy (non-hydrogen) atoms. The molecule has 0 radical (unpaired) electrons. The van der Waals surface area contributed by atoms with Gasteiger partial charge in [-0.05, 0) is 56.8 Å². The molecule has 2 aromatic carbocycles. The molecule has 0 spiro atoms. The number of benzene rings is 2. The second-order valence-corrected chi connectivity index (χ2v) is 5.87. The van der Waals surface area contributed by atoms with Crippen molar-refractivity contribution in [1.82, 2.24) is 5.32 Å². The van der Waals surface area contributed by atoms with E-state index in [9.17, 15) is 14.0 Å². The Morgan fingerprint density at radius 3 is 2.37 bits per heavy atom. The number of nitrogens with one attached hydrogen (secondary N) is 1. The average Bonchev–Trinajstić information content (AvgIpc) is 3.26. The van der Waals surface area contributed by atoms with Gasteiger partial charge in [-0.3, -0.25) is 9.59 Å². The van der Waals surface area contributed by atoms with Gasteiger partial charge in [-0.2, -0.15) is 0 Å². The summed E-state index contributed by atoms with van der Waals surface area (Å²) in [6.45, 7) is 0.277. The molecule has 1 fully saturated rings. The summed E-state index contributed by atoms with van der Waals surface area (Å²) in [5, 5.41) is 3.26. The third kappa shape index (κ3) is 7.29. The third-order valence-electron chi connectivity index (χ3n) is 4.22. The Morgan fingerprint density at radius 1 is 1.11 bits per heavy atom. The molecule has 6 heteroatoms. The number of aldehydes is 1. The summed E-state index contributed by atoms with van der Waals surface area (Å²) in [6.07, 6.45) is 6.36. The Labute approximate surface area is 159 Å². The number of rotatable bonds is 5. The number of halogens is 1. The lowest BCUT2D eigenvalue weighted by Crippen LogP contribution is -2.20. The largest absolute Gasteiger partial charge is 0.429 e. The van der Waals surface area contributed by atoms with Crippen molar-refractivity contribution in [2.24, 2.45) is 5.73 Å². The second kappa shape index (κ2) is 12.7. The van der Waals surface area contributed by atoms with Crippen LogP contribution in [0.4, 0.5) is 4.39 Å². The van der Waals surface area contributed by atoms with Gasteiger partial charge in [-0.25, -0.2) is 4.39 Å². The zero-order valence-electron chi connectivity index (χ0n) is 15.8. The van der Waals surface area contributed by atoms with Crippen LogP contribution in [0.15, 0.2) is 42.5 Å². The normalized spacial score (nSPS) is 12.9. The molecule has 1 saturated carbocycles. The van der Waals surface area contributed by atoms with E-state index in [1.807, 2.05) is 0 Å². The summed E-state index contributed by atoms with van der Waals surface area (Å²) in [6, 6.07) is 11.4. The lowest BCUT2D eigenvalue weighted by Gasteiger charge is -2.06. The Hall–Kier alpha value is -2.57. The molecular formula is C21H27FN2O3. The SMILES string of the molecule is CN.CNC1CCCC1.O=COc1ccc(F)c(-c2cccc(C=O)c2)c1. The van der Waals surface area contributed by atoms with Crippen molar-refractivity contribution in [2.45, 2.75) is 31.7 Å². The predicted octanol–water partition coefficient (Wildman–Crippen LogP) is 3.56. The van der Waals surface area contributed by atoms with Crippen molar-refractivity contribution in [2.75, 3.05) is 14.1 Å². The molecule has 0 saturated heterocycles. The highest BCUT2D eigenvalue weighted by molar-refractivity contribution is 5.79. The van der Waals surface area contributed by atoms with Crippen LogP contribution in [0, 0.1) is 5.82 Å². The quantitative estimate of drug-likeness (QED) is 0.782. The van der Waals surface area contributed by atoms with Crippen molar-refractivity contribution in [3.8, 4) is 16.9 Å². The second-order valence-electron chi connectivity index (χ2n) is 5.87. The van der Waals surface area contributed by atoms with Gasteiger partial charge in [0.2, 0.25) is 0 Å². The van der Waals surface area contributed by atoms with Crippen LogP contribution < -0.4 is 15.8 Å². The summed E-state index contributed by atoms with van der Waals surface area (Å²) in [5.41, 5.74) is 5.78. The van der Waals surface area contributed by atoms with Gasteiger partial charge in [0.05, 0.1) is 0 Å². The topological polar surface area (TPSA) is 81.4 Å². The van der Waals surface area contributed by atoms with Gasteiger partial charge in [0.25, 0.3) is 6.47 Å². The number of hydrogen-bond donors (Lipinski definition) is 2.